The molecular weight excluding hydrogens is 634 g/mol. The molecule has 1 aliphatic heterocycles. The molecule has 0 radical (unpaired) electrons. The molecule has 2 aromatic heterocycles. The van der Waals surface area contributed by atoms with Gasteiger partial charge in [0.1, 0.15) is 12.4 Å². The number of nitrogens with zero attached hydrogens (tertiary/aromatic N) is 3. The molecule has 0 saturated carbocycles. The zero-order valence-corrected chi connectivity index (χ0v) is 31.6. The first kappa shape index (κ1) is 37.0. The van der Waals surface area contributed by atoms with Gasteiger partial charge in [0.05, 0.1) is 30.0 Å². The van der Waals surface area contributed by atoms with Crippen LogP contribution < -0.4 is 15.4 Å². The summed E-state index contributed by atoms with van der Waals surface area (Å²) in [6.07, 6.45) is 3.53. The number of hydrogen-bond acceptors (Lipinski definition) is 8. The molecule has 4 rings (SSSR count). The summed E-state index contributed by atoms with van der Waals surface area (Å²) < 4.78 is 26.1. The Balaban J connectivity index is 1.58. The van der Waals surface area contributed by atoms with Gasteiger partial charge in [-0.2, -0.15) is 5.10 Å². The SMILES string of the molecule is CC(C)n1ncc2c(NC3CCOCC3)cc(-c3cc(Cl)cc(OCC(CCOC(=O)NC(C)(C)C)O[Si](C)(C)C(C)(C)C)c3)nc21. The Labute approximate surface area is 286 Å². The van der Waals surface area contributed by atoms with E-state index in [-0.39, 0.29) is 35.9 Å². The van der Waals surface area contributed by atoms with Gasteiger partial charge in [-0.3, -0.25) is 0 Å². The number of halogens is 1. The molecule has 260 valence electrons. The van der Waals surface area contributed by atoms with Gasteiger partial charge < -0.3 is 29.3 Å². The third-order valence-corrected chi connectivity index (χ3v) is 13.4. The van der Waals surface area contributed by atoms with Crippen molar-refractivity contribution in [3.63, 3.8) is 0 Å². The molecule has 0 spiro atoms. The number of fused-ring (bicyclic) bond motifs is 1. The first-order chi connectivity index (χ1) is 21.9. The maximum Gasteiger partial charge on any atom is 0.407 e. The normalized spacial score (nSPS) is 15.6. The molecule has 2 N–H and O–H groups in total. The first-order valence-corrected chi connectivity index (χ1v) is 20.0. The lowest BCUT2D eigenvalue weighted by molar-refractivity contribution is 0.0766. The van der Waals surface area contributed by atoms with Crippen molar-refractivity contribution < 1.29 is 23.4 Å². The standard InChI is InChI=1S/C35H54ClN5O5Si/c1-23(2)41-32-29(21-37-41)31(38-26-11-14-43-15-12-26)20-30(39-32)24-17-25(36)19-28(18-24)45-22-27(46-47(9,10)35(6,7)8)13-16-44-33(42)40-34(3,4)5/h17-21,23,26-27H,11-16,22H2,1-10H3,(H,38,39)(H,40,42). The van der Waals surface area contributed by atoms with Crippen molar-refractivity contribution >= 4 is 42.7 Å². The molecule has 1 aromatic carbocycles. The Bertz CT molecular complexity index is 1510. The second-order valence-electron chi connectivity index (χ2n) is 15.3. The van der Waals surface area contributed by atoms with Crippen molar-refractivity contribution in [3.05, 3.63) is 35.5 Å². The van der Waals surface area contributed by atoms with Gasteiger partial charge in [-0.25, -0.2) is 14.5 Å². The molecule has 47 heavy (non-hydrogen) atoms. The number of nitrogens with one attached hydrogen (secondary N) is 2. The van der Waals surface area contributed by atoms with Crippen LogP contribution in [0, 0.1) is 0 Å². The Kier molecular flexibility index (Phi) is 11.9. The third-order valence-electron chi connectivity index (χ3n) is 8.66. The van der Waals surface area contributed by atoms with E-state index in [2.05, 4.69) is 69.5 Å². The summed E-state index contributed by atoms with van der Waals surface area (Å²) in [7, 11) is -2.15. The van der Waals surface area contributed by atoms with Crippen LogP contribution in [-0.4, -0.2) is 73.3 Å². The molecular formula is C35H54ClN5O5Si. The molecule has 1 unspecified atom stereocenters. The summed E-state index contributed by atoms with van der Waals surface area (Å²) in [5, 5.41) is 12.8. The topological polar surface area (TPSA) is 109 Å². The minimum absolute atomic E-state index is 0.00214. The average molecular weight is 688 g/mol. The third kappa shape index (κ3) is 10.3. The number of alkyl carbamates (subject to hydrolysis) is 1. The van der Waals surface area contributed by atoms with Crippen molar-refractivity contribution in [3.8, 4) is 17.0 Å². The maximum atomic E-state index is 12.3. The van der Waals surface area contributed by atoms with E-state index in [0.717, 1.165) is 54.0 Å². The van der Waals surface area contributed by atoms with Crippen molar-refractivity contribution in [1.29, 1.82) is 0 Å². The zero-order chi connectivity index (χ0) is 34.6. The van der Waals surface area contributed by atoms with Crippen molar-refractivity contribution in [1.82, 2.24) is 20.1 Å². The maximum absolute atomic E-state index is 12.3. The molecule has 0 bridgehead atoms. The summed E-state index contributed by atoms with van der Waals surface area (Å²) in [4.78, 5) is 17.4. The second kappa shape index (κ2) is 15.1. The molecule has 1 fully saturated rings. The van der Waals surface area contributed by atoms with Gasteiger partial charge in [-0.15, -0.1) is 0 Å². The molecule has 1 amide bonds. The van der Waals surface area contributed by atoms with Gasteiger partial charge in [0, 0.05) is 53.5 Å². The summed E-state index contributed by atoms with van der Waals surface area (Å²) in [5.41, 5.74) is 3.04. The van der Waals surface area contributed by atoms with Crippen LogP contribution in [0.1, 0.15) is 80.7 Å². The number of pyridine rings is 1. The summed E-state index contributed by atoms with van der Waals surface area (Å²) in [6.45, 7) is 23.0. The number of ether oxygens (including phenoxy) is 3. The molecule has 10 nitrogen and oxygen atoms in total. The van der Waals surface area contributed by atoms with Gasteiger partial charge in [0.15, 0.2) is 14.0 Å². The smallest absolute Gasteiger partial charge is 0.407 e. The fraction of sp³-hybridized carbons (Fsp3) is 0.629. The molecule has 1 atom stereocenters. The van der Waals surface area contributed by atoms with Gasteiger partial charge in [-0.05, 0) is 89.9 Å². The first-order valence-electron chi connectivity index (χ1n) is 16.7. The molecule has 3 aromatic rings. The van der Waals surface area contributed by atoms with Crippen LogP contribution >= 0.6 is 11.6 Å². The highest BCUT2D eigenvalue weighted by atomic mass is 35.5. The Morgan fingerprint density at radius 1 is 1.11 bits per heavy atom. The zero-order valence-electron chi connectivity index (χ0n) is 29.8. The van der Waals surface area contributed by atoms with Gasteiger partial charge >= 0.3 is 6.09 Å². The van der Waals surface area contributed by atoms with E-state index < -0.39 is 14.4 Å². The Hall–Kier alpha value is -2.86. The minimum atomic E-state index is -2.15. The van der Waals surface area contributed by atoms with E-state index in [1.54, 1.807) is 6.07 Å². The van der Waals surface area contributed by atoms with E-state index in [9.17, 15) is 4.79 Å². The number of hydrogen-bond donors (Lipinski definition) is 2. The van der Waals surface area contributed by atoms with Gasteiger partial charge in [0.2, 0.25) is 0 Å². The highest BCUT2D eigenvalue weighted by Gasteiger charge is 2.39. The predicted octanol–water partition coefficient (Wildman–Crippen LogP) is 8.61. The highest BCUT2D eigenvalue weighted by Crippen LogP contribution is 2.38. The van der Waals surface area contributed by atoms with Crippen LogP contribution in [-0.2, 0) is 13.9 Å². The monoisotopic (exact) mass is 687 g/mol. The van der Waals surface area contributed by atoms with E-state index in [0.29, 0.717) is 23.2 Å². The van der Waals surface area contributed by atoms with Crippen molar-refractivity contribution in [2.75, 3.05) is 31.7 Å². The number of rotatable bonds is 12. The molecule has 3 heterocycles. The fourth-order valence-electron chi connectivity index (χ4n) is 5.10. The minimum Gasteiger partial charge on any atom is -0.491 e. The van der Waals surface area contributed by atoms with Crippen LogP contribution in [0.25, 0.3) is 22.3 Å². The molecule has 12 heteroatoms. The number of anilines is 1. The van der Waals surface area contributed by atoms with E-state index >= 15 is 0 Å². The summed E-state index contributed by atoms with van der Waals surface area (Å²) in [5.74, 6) is 0.612. The van der Waals surface area contributed by atoms with Crippen LogP contribution in [0.4, 0.5) is 10.5 Å². The molecule has 1 aliphatic rings. The predicted molar refractivity (Wildman–Crippen MR) is 192 cm³/mol. The van der Waals surface area contributed by atoms with Crippen LogP contribution in [0.3, 0.4) is 0 Å². The lowest BCUT2D eigenvalue weighted by Crippen LogP contribution is -2.46. The fourth-order valence-corrected chi connectivity index (χ4v) is 6.70. The van der Waals surface area contributed by atoms with Gasteiger partial charge in [-0.1, -0.05) is 32.4 Å². The molecule has 1 saturated heterocycles. The quantitative estimate of drug-likeness (QED) is 0.182. The summed E-state index contributed by atoms with van der Waals surface area (Å²) in [6, 6.07) is 8.20. The van der Waals surface area contributed by atoms with Crippen LogP contribution in [0.15, 0.2) is 30.5 Å². The van der Waals surface area contributed by atoms with E-state index in [1.807, 2.05) is 43.8 Å². The van der Waals surface area contributed by atoms with E-state index in [1.165, 1.54) is 0 Å². The molecule has 0 aliphatic carbocycles. The van der Waals surface area contributed by atoms with Gasteiger partial charge in [0.25, 0.3) is 0 Å². The second-order valence-corrected chi connectivity index (χ2v) is 20.5. The van der Waals surface area contributed by atoms with E-state index in [4.69, 9.17) is 35.2 Å². The summed E-state index contributed by atoms with van der Waals surface area (Å²) >= 11 is 6.68. The lowest BCUT2D eigenvalue weighted by Gasteiger charge is -2.39. The van der Waals surface area contributed by atoms with Crippen molar-refractivity contribution in [2.24, 2.45) is 0 Å². The van der Waals surface area contributed by atoms with Crippen LogP contribution in [0.5, 0.6) is 5.75 Å². The number of aromatic nitrogens is 3. The number of carbonyl (C=O) groups is 1. The van der Waals surface area contributed by atoms with Crippen LogP contribution in [0.2, 0.25) is 23.2 Å². The van der Waals surface area contributed by atoms with Crippen molar-refractivity contribution in [2.45, 2.75) is 117 Å². The lowest BCUT2D eigenvalue weighted by atomic mass is 10.1. The highest BCUT2D eigenvalue weighted by molar-refractivity contribution is 6.74. The number of amides is 1. The Morgan fingerprint density at radius 2 is 1.81 bits per heavy atom. The number of carbonyl (C=O) groups excluding carboxylic acids is 1. The largest absolute Gasteiger partial charge is 0.491 e. The Morgan fingerprint density at radius 3 is 2.45 bits per heavy atom. The number of benzene rings is 1. The average Bonchev–Trinajstić information content (AvgIpc) is 3.39.